The summed E-state index contributed by atoms with van der Waals surface area (Å²) in [5.74, 6) is -0.850. The summed E-state index contributed by atoms with van der Waals surface area (Å²) in [5, 5.41) is 9.77. The van der Waals surface area contributed by atoms with Crippen molar-refractivity contribution in [1.29, 1.82) is 0 Å². The third kappa shape index (κ3) is 4.59. The quantitative estimate of drug-likeness (QED) is 0.913. The lowest BCUT2D eigenvalue weighted by Crippen LogP contribution is -2.50. The number of hydrogen-bond donors (Lipinski definition) is 1. The first-order valence-electron chi connectivity index (χ1n) is 6.61. The summed E-state index contributed by atoms with van der Waals surface area (Å²) in [4.78, 5) is 26.4. The number of aliphatic carboxylic acids is 1. The summed E-state index contributed by atoms with van der Waals surface area (Å²) in [6.07, 6.45) is 0.231. The second-order valence-electron chi connectivity index (χ2n) is 4.96. The van der Waals surface area contributed by atoms with Crippen molar-refractivity contribution in [3.05, 3.63) is 33.8 Å². The van der Waals surface area contributed by atoms with Crippen LogP contribution in [0.25, 0.3) is 0 Å². The van der Waals surface area contributed by atoms with Gasteiger partial charge in [0, 0.05) is 36.2 Å². The average molecular weight is 331 g/mol. The van der Waals surface area contributed by atoms with E-state index in [2.05, 4.69) is 0 Å². The topological polar surface area (TPSA) is 60.9 Å². The molecule has 0 aromatic heterocycles. The van der Waals surface area contributed by atoms with Gasteiger partial charge in [0.1, 0.15) is 0 Å². The Kier molecular flexibility index (Phi) is 5.45. The van der Waals surface area contributed by atoms with Crippen molar-refractivity contribution in [1.82, 2.24) is 9.80 Å². The Morgan fingerprint density at radius 3 is 2.38 bits per heavy atom. The van der Waals surface area contributed by atoms with E-state index in [1.807, 2.05) is 4.90 Å². The van der Waals surface area contributed by atoms with Crippen LogP contribution in [0, 0.1) is 0 Å². The summed E-state index contributed by atoms with van der Waals surface area (Å²) in [6.45, 7) is 2.25. The zero-order chi connectivity index (χ0) is 15.4. The van der Waals surface area contributed by atoms with Crippen molar-refractivity contribution in [3.8, 4) is 0 Å². The van der Waals surface area contributed by atoms with Crippen LogP contribution in [0.1, 0.15) is 5.56 Å². The molecule has 0 atom stereocenters. The van der Waals surface area contributed by atoms with Crippen molar-refractivity contribution in [3.63, 3.8) is 0 Å². The normalized spacial score (nSPS) is 16.0. The molecule has 1 aliphatic rings. The molecule has 1 N–H and O–H groups in total. The molecule has 1 aliphatic heterocycles. The van der Waals surface area contributed by atoms with Crippen LogP contribution in [-0.2, 0) is 16.0 Å². The molecule has 5 nitrogen and oxygen atoms in total. The third-order valence-electron chi connectivity index (χ3n) is 3.44. The van der Waals surface area contributed by atoms with E-state index in [1.54, 1.807) is 23.1 Å². The standard InChI is InChI=1S/C14H16Cl2N2O3/c15-11-2-1-10(12(16)8-11)7-13(19)18-5-3-17(4-6-18)9-14(20)21/h1-2,8H,3-7,9H2,(H,20,21). The number of carbonyl (C=O) groups excluding carboxylic acids is 1. The highest BCUT2D eigenvalue weighted by atomic mass is 35.5. The number of benzene rings is 1. The van der Waals surface area contributed by atoms with Gasteiger partial charge < -0.3 is 10.0 Å². The lowest BCUT2D eigenvalue weighted by atomic mass is 10.1. The largest absolute Gasteiger partial charge is 0.480 e. The number of amides is 1. The van der Waals surface area contributed by atoms with E-state index in [-0.39, 0.29) is 18.9 Å². The van der Waals surface area contributed by atoms with Crippen molar-refractivity contribution in [2.45, 2.75) is 6.42 Å². The van der Waals surface area contributed by atoms with Gasteiger partial charge in [-0.05, 0) is 17.7 Å². The highest BCUT2D eigenvalue weighted by Crippen LogP contribution is 2.22. The molecule has 0 aliphatic carbocycles. The molecule has 7 heteroatoms. The predicted octanol–water partition coefficient (Wildman–Crippen LogP) is 1.76. The minimum Gasteiger partial charge on any atom is -0.480 e. The molecule has 0 spiro atoms. The molecular weight excluding hydrogens is 315 g/mol. The number of hydrogen-bond acceptors (Lipinski definition) is 3. The molecule has 0 radical (unpaired) electrons. The molecular formula is C14H16Cl2N2O3. The van der Waals surface area contributed by atoms with Gasteiger partial charge in [0.25, 0.3) is 0 Å². The van der Waals surface area contributed by atoms with Gasteiger partial charge in [-0.2, -0.15) is 0 Å². The zero-order valence-corrected chi connectivity index (χ0v) is 12.9. The highest BCUT2D eigenvalue weighted by Gasteiger charge is 2.22. The molecule has 1 fully saturated rings. The summed E-state index contributed by atoms with van der Waals surface area (Å²) in [5.41, 5.74) is 0.749. The average Bonchev–Trinajstić information content (AvgIpc) is 2.42. The fourth-order valence-electron chi connectivity index (χ4n) is 2.29. The van der Waals surface area contributed by atoms with Crippen LogP contribution in [-0.4, -0.2) is 59.5 Å². The first kappa shape index (κ1) is 16.1. The minimum absolute atomic E-state index is 0.00537. The Balaban J connectivity index is 1.89. The number of rotatable bonds is 4. The van der Waals surface area contributed by atoms with Crippen molar-refractivity contribution in [2.75, 3.05) is 32.7 Å². The summed E-state index contributed by atoms with van der Waals surface area (Å²) in [7, 11) is 0. The van der Waals surface area contributed by atoms with E-state index in [0.717, 1.165) is 5.56 Å². The zero-order valence-electron chi connectivity index (χ0n) is 11.4. The number of carboxylic acid groups (broad SMARTS) is 1. The number of piperazine rings is 1. The molecule has 0 saturated carbocycles. The summed E-state index contributed by atoms with van der Waals surface area (Å²) < 4.78 is 0. The first-order valence-corrected chi connectivity index (χ1v) is 7.37. The number of carbonyl (C=O) groups is 2. The fourth-order valence-corrected chi connectivity index (χ4v) is 2.76. The Hall–Kier alpha value is -1.30. The Morgan fingerprint density at radius 2 is 1.81 bits per heavy atom. The second kappa shape index (κ2) is 7.11. The number of nitrogens with zero attached hydrogens (tertiary/aromatic N) is 2. The van der Waals surface area contributed by atoms with Gasteiger partial charge in [-0.3, -0.25) is 14.5 Å². The lowest BCUT2D eigenvalue weighted by Gasteiger charge is -2.33. The van der Waals surface area contributed by atoms with Gasteiger partial charge in [0.05, 0.1) is 13.0 Å². The van der Waals surface area contributed by atoms with Gasteiger partial charge in [-0.1, -0.05) is 29.3 Å². The molecule has 1 aromatic rings. The molecule has 1 saturated heterocycles. The van der Waals surface area contributed by atoms with Crippen LogP contribution in [0.3, 0.4) is 0 Å². The number of carboxylic acids is 1. The van der Waals surface area contributed by atoms with E-state index in [1.165, 1.54) is 0 Å². The van der Waals surface area contributed by atoms with Gasteiger partial charge in [-0.25, -0.2) is 0 Å². The molecule has 2 rings (SSSR count). The maximum Gasteiger partial charge on any atom is 0.317 e. The smallest absolute Gasteiger partial charge is 0.317 e. The van der Waals surface area contributed by atoms with Crippen LogP contribution >= 0.6 is 23.2 Å². The highest BCUT2D eigenvalue weighted by molar-refractivity contribution is 6.35. The lowest BCUT2D eigenvalue weighted by molar-refractivity contribution is -0.139. The van der Waals surface area contributed by atoms with Crippen molar-refractivity contribution < 1.29 is 14.7 Å². The third-order valence-corrected chi connectivity index (χ3v) is 4.03. The molecule has 114 valence electrons. The van der Waals surface area contributed by atoms with Gasteiger partial charge in [-0.15, -0.1) is 0 Å². The van der Waals surface area contributed by atoms with Gasteiger partial charge in [0.15, 0.2) is 0 Å². The Labute approximate surface area is 133 Å². The molecule has 0 bridgehead atoms. The fraction of sp³-hybridized carbons (Fsp3) is 0.429. The molecule has 1 amide bonds. The van der Waals surface area contributed by atoms with Crippen LogP contribution in [0.5, 0.6) is 0 Å². The number of halogens is 2. The Morgan fingerprint density at radius 1 is 1.14 bits per heavy atom. The van der Waals surface area contributed by atoms with Crippen LogP contribution in [0.15, 0.2) is 18.2 Å². The van der Waals surface area contributed by atoms with E-state index in [4.69, 9.17) is 28.3 Å². The van der Waals surface area contributed by atoms with E-state index < -0.39 is 5.97 Å². The molecule has 0 unspecified atom stereocenters. The van der Waals surface area contributed by atoms with Crippen molar-refractivity contribution in [2.24, 2.45) is 0 Å². The minimum atomic E-state index is -0.845. The molecule has 1 aromatic carbocycles. The predicted molar refractivity (Wildman–Crippen MR) is 80.8 cm³/mol. The van der Waals surface area contributed by atoms with E-state index >= 15 is 0 Å². The van der Waals surface area contributed by atoms with Crippen LogP contribution < -0.4 is 0 Å². The van der Waals surface area contributed by atoms with Gasteiger partial charge in [0.2, 0.25) is 5.91 Å². The molecule has 1 heterocycles. The first-order chi connectivity index (χ1) is 9.95. The van der Waals surface area contributed by atoms with Crippen molar-refractivity contribution >= 4 is 35.1 Å². The molecule has 21 heavy (non-hydrogen) atoms. The Bertz CT molecular complexity index is 543. The SMILES string of the molecule is O=C(O)CN1CCN(C(=O)Cc2ccc(Cl)cc2Cl)CC1. The maximum absolute atomic E-state index is 12.2. The van der Waals surface area contributed by atoms with E-state index in [0.29, 0.717) is 36.2 Å². The maximum atomic E-state index is 12.2. The van der Waals surface area contributed by atoms with Crippen LogP contribution in [0.2, 0.25) is 10.0 Å². The summed E-state index contributed by atoms with van der Waals surface area (Å²) in [6, 6.07) is 5.08. The summed E-state index contributed by atoms with van der Waals surface area (Å²) >= 11 is 11.9. The van der Waals surface area contributed by atoms with E-state index in [9.17, 15) is 9.59 Å². The van der Waals surface area contributed by atoms with Crippen LogP contribution in [0.4, 0.5) is 0 Å². The monoisotopic (exact) mass is 330 g/mol. The second-order valence-corrected chi connectivity index (χ2v) is 5.81. The van der Waals surface area contributed by atoms with Gasteiger partial charge >= 0.3 is 5.97 Å².